The van der Waals surface area contributed by atoms with E-state index in [1.807, 2.05) is 46.3 Å². The first-order valence-electron chi connectivity index (χ1n) is 7.89. The number of fused-ring (bicyclic) bond motifs is 3. The molecule has 0 bridgehead atoms. The van der Waals surface area contributed by atoms with Crippen LogP contribution in [-0.4, -0.2) is 25.4 Å². The number of benzene rings is 1. The number of rotatable bonds is 2. The molecule has 3 aromatic heterocycles. The highest BCUT2D eigenvalue weighted by Crippen LogP contribution is 2.34. The molecule has 0 spiro atoms. The van der Waals surface area contributed by atoms with E-state index in [-0.39, 0.29) is 18.2 Å². The molecular weight excluding hydrogens is 338 g/mol. The molecule has 7 nitrogen and oxygen atoms in total. The van der Waals surface area contributed by atoms with E-state index in [0.717, 1.165) is 21.9 Å². The van der Waals surface area contributed by atoms with Gasteiger partial charge in [0.1, 0.15) is 0 Å². The maximum Gasteiger partial charge on any atom is 0.236 e. The lowest BCUT2D eigenvalue weighted by Gasteiger charge is -2.09. The summed E-state index contributed by atoms with van der Waals surface area (Å²) in [5.74, 6) is 0.594. The Morgan fingerprint density at radius 2 is 2.12 bits per heavy atom. The van der Waals surface area contributed by atoms with Crippen molar-refractivity contribution in [2.24, 2.45) is 0 Å². The van der Waals surface area contributed by atoms with Gasteiger partial charge >= 0.3 is 0 Å². The Morgan fingerprint density at radius 3 is 3.00 bits per heavy atom. The molecule has 4 heterocycles. The fraction of sp³-hybridized carbons (Fsp3) is 0.176. The van der Waals surface area contributed by atoms with E-state index in [0.29, 0.717) is 18.3 Å². The minimum absolute atomic E-state index is 0.0496. The normalized spacial score (nSPS) is 17.3. The van der Waals surface area contributed by atoms with Crippen LogP contribution in [0.15, 0.2) is 46.4 Å². The van der Waals surface area contributed by atoms with Crippen molar-refractivity contribution in [2.45, 2.75) is 18.9 Å². The van der Waals surface area contributed by atoms with Crippen LogP contribution >= 0.6 is 11.3 Å². The maximum atomic E-state index is 12.1. The molecule has 1 amide bonds. The second-order valence-electron chi connectivity index (χ2n) is 5.86. The number of amides is 1. The van der Waals surface area contributed by atoms with E-state index < -0.39 is 0 Å². The number of imidazole rings is 1. The first kappa shape index (κ1) is 14.4. The molecule has 8 heteroatoms. The molecule has 1 aromatic carbocycles. The van der Waals surface area contributed by atoms with Gasteiger partial charge in [-0.2, -0.15) is 4.98 Å². The predicted molar refractivity (Wildman–Crippen MR) is 91.1 cm³/mol. The topological polar surface area (TPSA) is 85.3 Å². The van der Waals surface area contributed by atoms with Crippen LogP contribution in [0.1, 0.15) is 29.6 Å². The highest BCUT2D eigenvalue weighted by molar-refractivity contribution is 7.15. The highest BCUT2D eigenvalue weighted by Gasteiger charge is 2.33. The van der Waals surface area contributed by atoms with Gasteiger partial charge in [0.2, 0.25) is 17.6 Å². The summed E-state index contributed by atoms with van der Waals surface area (Å²) in [7, 11) is 0. The molecule has 0 aliphatic carbocycles. The van der Waals surface area contributed by atoms with Crippen LogP contribution in [0.3, 0.4) is 0 Å². The average Bonchev–Trinajstić information content (AvgIpc) is 3.33. The van der Waals surface area contributed by atoms with Gasteiger partial charge in [0, 0.05) is 23.6 Å². The molecule has 1 aliphatic heterocycles. The molecular formula is C17H13N5O2S. The Kier molecular flexibility index (Phi) is 3.17. The molecule has 0 fully saturated rings. The molecule has 4 aromatic rings. The lowest BCUT2D eigenvalue weighted by atomic mass is 10.00. The van der Waals surface area contributed by atoms with Crippen LogP contribution in [0.5, 0.6) is 0 Å². The smallest absolute Gasteiger partial charge is 0.236 e. The molecule has 25 heavy (non-hydrogen) atoms. The van der Waals surface area contributed by atoms with Gasteiger partial charge < -0.3 is 9.84 Å². The highest BCUT2D eigenvalue weighted by atomic mass is 32.1. The summed E-state index contributed by atoms with van der Waals surface area (Å²) < 4.78 is 7.55. The molecule has 1 atom stereocenters. The van der Waals surface area contributed by atoms with E-state index in [2.05, 4.69) is 20.4 Å². The second kappa shape index (κ2) is 5.52. The van der Waals surface area contributed by atoms with Gasteiger partial charge in [-0.1, -0.05) is 35.5 Å². The van der Waals surface area contributed by atoms with Crippen LogP contribution in [0.4, 0.5) is 0 Å². The summed E-state index contributed by atoms with van der Waals surface area (Å²) >= 11 is 1.56. The number of hydrogen-bond donors (Lipinski definition) is 1. The molecule has 0 saturated heterocycles. The van der Waals surface area contributed by atoms with Crippen LogP contribution in [0.2, 0.25) is 0 Å². The summed E-state index contributed by atoms with van der Waals surface area (Å²) in [4.78, 5) is 22.2. The Bertz CT molecular complexity index is 1070. The summed E-state index contributed by atoms with van der Waals surface area (Å²) in [5.41, 5.74) is 2.67. The van der Waals surface area contributed by atoms with Gasteiger partial charge in [0.05, 0.1) is 23.9 Å². The van der Waals surface area contributed by atoms with Crippen molar-refractivity contribution in [1.29, 1.82) is 0 Å². The Labute approximate surface area is 146 Å². The zero-order valence-electron chi connectivity index (χ0n) is 13.0. The minimum Gasteiger partial charge on any atom is -0.350 e. The van der Waals surface area contributed by atoms with Gasteiger partial charge in [-0.15, -0.1) is 11.3 Å². The molecule has 0 saturated carbocycles. The fourth-order valence-corrected chi connectivity index (χ4v) is 3.91. The average molecular weight is 351 g/mol. The van der Waals surface area contributed by atoms with Crippen molar-refractivity contribution >= 4 is 22.2 Å². The SMILES string of the molecule is O=C1C[C@H](c2nc(-c3ccccc3)no2)c2c(nc3sccn23)CN1. The standard InChI is InChI=1S/C17H13N5O2S/c23-13-8-11(14-12(9-18-13)19-17-22(14)6-7-25-17)16-20-15(21-24-16)10-4-2-1-3-5-10/h1-7,11H,8-9H2,(H,18,23)/t11-/m0/s1. The number of carbonyl (C=O) groups is 1. The third-order valence-corrected chi connectivity index (χ3v) is 5.08. The number of hydrogen-bond acceptors (Lipinski definition) is 6. The van der Waals surface area contributed by atoms with Gasteiger partial charge in [-0.3, -0.25) is 9.20 Å². The number of carbonyl (C=O) groups excluding carboxylic acids is 1. The van der Waals surface area contributed by atoms with Gasteiger partial charge in [-0.05, 0) is 0 Å². The summed E-state index contributed by atoms with van der Waals surface area (Å²) in [6, 6.07) is 9.64. The second-order valence-corrected chi connectivity index (χ2v) is 6.73. The number of thiazole rings is 1. The quantitative estimate of drug-likeness (QED) is 0.600. The Hall–Kier alpha value is -3.00. The van der Waals surface area contributed by atoms with Gasteiger partial charge in [0.25, 0.3) is 0 Å². The van der Waals surface area contributed by atoms with Crippen LogP contribution in [0, 0.1) is 0 Å². The van der Waals surface area contributed by atoms with E-state index in [1.54, 1.807) is 11.3 Å². The number of aromatic nitrogens is 4. The predicted octanol–water partition coefficient (Wildman–Crippen LogP) is 2.60. The van der Waals surface area contributed by atoms with E-state index in [9.17, 15) is 4.79 Å². The summed E-state index contributed by atoms with van der Waals surface area (Å²) in [5, 5.41) is 8.96. The van der Waals surface area contributed by atoms with Crippen molar-refractivity contribution in [1.82, 2.24) is 24.8 Å². The van der Waals surface area contributed by atoms with Crippen molar-refractivity contribution in [3.05, 3.63) is 59.2 Å². The first-order valence-corrected chi connectivity index (χ1v) is 8.77. The fourth-order valence-electron chi connectivity index (χ4n) is 3.17. The third-order valence-electron chi connectivity index (χ3n) is 4.32. The molecule has 1 N–H and O–H groups in total. The third kappa shape index (κ3) is 2.33. The van der Waals surface area contributed by atoms with Crippen molar-refractivity contribution in [2.75, 3.05) is 0 Å². The number of nitrogens with one attached hydrogen (secondary N) is 1. The molecule has 0 radical (unpaired) electrons. The summed E-state index contributed by atoms with van der Waals surface area (Å²) in [6.07, 6.45) is 2.22. The maximum absolute atomic E-state index is 12.1. The van der Waals surface area contributed by atoms with Crippen LogP contribution < -0.4 is 5.32 Å². The monoisotopic (exact) mass is 351 g/mol. The minimum atomic E-state index is -0.313. The zero-order valence-corrected chi connectivity index (χ0v) is 13.9. The van der Waals surface area contributed by atoms with Gasteiger partial charge in [0.15, 0.2) is 4.96 Å². The lowest BCUT2D eigenvalue weighted by molar-refractivity contribution is -0.121. The largest absolute Gasteiger partial charge is 0.350 e. The van der Waals surface area contributed by atoms with E-state index in [4.69, 9.17) is 4.52 Å². The van der Waals surface area contributed by atoms with Crippen LogP contribution in [-0.2, 0) is 11.3 Å². The summed E-state index contributed by atoms with van der Waals surface area (Å²) in [6.45, 7) is 0.415. The molecule has 5 rings (SSSR count). The van der Waals surface area contributed by atoms with Gasteiger partial charge in [-0.25, -0.2) is 4.98 Å². The van der Waals surface area contributed by atoms with Crippen molar-refractivity contribution in [3.8, 4) is 11.4 Å². The van der Waals surface area contributed by atoms with E-state index in [1.165, 1.54) is 0 Å². The van der Waals surface area contributed by atoms with Crippen LogP contribution in [0.25, 0.3) is 16.3 Å². The molecule has 1 aliphatic rings. The Morgan fingerprint density at radius 1 is 1.24 bits per heavy atom. The molecule has 0 unspecified atom stereocenters. The van der Waals surface area contributed by atoms with E-state index >= 15 is 0 Å². The van der Waals surface area contributed by atoms with Crippen molar-refractivity contribution in [3.63, 3.8) is 0 Å². The number of nitrogens with zero attached hydrogens (tertiary/aromatic N) is 4. The molecule has 124 valence electrons. The van der Waals surface area contributed by atoms with Crippen molar-refractivity contribution < 1.29 is 9.32 Å². The zero-order chi connectivity index (χ0) is 16.8. The lowest BCUT2D eigenvalue weighted by Crippen LogP contribution is -2.21. The Balaban J connectivity index is 1.63. The first-order chi connectivity index (χ1) is 12.3.